The van der Waals surface area contributed by atoms with Crippen LogP contribution >= 0.6 is 24.0 Å². The highest BCUT2D eigenvalue weighted by molar-refractivity contribution is 14.0. The average molecular weight is 484 g/mol. The molecule has 2 N–H and O–H groups in total. The molecule has 2 aromatic rings. The zero-order valence-electron chi connectivity index (χ0n) is 16.6. The fourth-order valence-corrected chi connectivity index (χ4v) is 2.67. The molecular formula is C21H30FIN4. The van der Waals surface area contributed by atoms with E-state index in [-0.39, 0.29) is 29.8 Å². The lowest BCUT2D eigenvalue weighted by molar-refractivity contribution is 0.345. The molecule has 2 rings (SSSR count). The maximum absolute atomic E-state index is 13.3. The van der Waals surface area contributed by atoms with Crippen LogP contribution in [-0.4, -0.2) is 31.5 Å². The van der Waals surface area contributed by atoms with Gasteiger partial charge in [-0.25, -0.2) is 4.39 Å². The van der Waals surface area contributed by atoms with E-state index in [1.54, 1.807) is 20.0 Å². The van der Waals surface area contributed by atoms with Crippen molar-refractivity contribution in [1.29, 1.82) is 0 Å². The van der Waals surface area contributed by atoms with Gasteiger partial charge in [0.2, 0.25) is 0 Å². The van der Waals surface area contributed by atoms with E-state index in [2.05, 4.69) is 58.8 Å². The fourth-order valence-electron chi connectivity index (χ4n) is 2.67. The summed E-state index contributed by atoms with van der Waals surface area (Å²) in [5.74, 6) is 0.549. The minimum atomic E-state index is -0.176. The number of rotatable bonds is 7. The SMILES string of the molecule is CCN(C)Cc1cccc(CNC(=NC)NCc2ccc(F)c(C)c2)c1.I. The Morgan fingerprint density at radius 2 is 1.67 bits per heavy atom. The van der Waals surface area contributed by atoms with Crippen molar-refractivity contribution in [2.45, 2.75) is 33.5 Å². The van der Waals surface area contributed by atoms with Crippen molar-refractivity contribution >= 4 is 29.9 Å². The number of guanidine groups is 1. The molecule has 0 bridgehead atoms. The summed E-state index contributed by atoms with van der Waals surface area (Å²) in [6.45, 7) is 7.20. The molecule has 0 aliphatic rings. The van der Waals surface area contributed by atoms with Crippen LogP contribution in [-0.2, 0) is 19.6 Å². The maximum Gasteiger partial charge on any atom is 0.191 e. The number of hydrogen-bond acceptors (Lipinski definition) is 2. The first-order chi connectivity index (χ1) is 12.5. The van der Waals surface area contributed by atoms with E-state index in [1.165, 1.54) is 17.2 Å². The first-order valence-corrected chi connectivity index (χ1v) is 8.97. The first-order valence-electron chi connectivity index (χ1n) is 8.97. The van der Waals surface area contributed by atoms with Gasteiger partial charge in [0, 0.05) is 26.7 Å². The number of aryl methyl sites for hydroxylation is 1. The number of aliphatic imine (C=N–C) groups is 1. The molecule has 2 aromatic carbocycles. The van der Waals surface area contributed by atoms with E-state index in [1.807, 2.05) is 6.07 Å². The molecule has 4 nitrogen and oxygen atoms in total. The summed E-state index contributed by atoms with van der Waals surface area (Å²) < 4.78 is 13.3. The van der Waals surface area contributed by atoms with Crippen molar-refractivity contribution in [3.63, 3.8) is 0 Å². The van der Waals surface area contributed by atoms with Crippen molar-refractivity contribution in [3.8, 4) is 0 Å². The number of halogens is 2. The van der Waals surface area contributed by atoms with Gasteiger partial charge >= 0.3 is 0 Å². The monoisotopic (exact) mass is 484 g/mol. The molecule has 0 fully saturated rings. The Bertz CT molecular complexity index is 749. The number of benzene rings is 2. The van der Waals surface area contributed by atoms with Crippen LogP contribution in [0.4, 0.5) is 4.39 Å². The molecule has 6 heteroatoms. The van der Waals surface area contributed by atoms with Gasteiger partial charge in [0.1, 0.15) is 5.82 Å². The summed E-state index contributed by atoms with van der Waals surface area (Å²) in [5, 5.41) is 6.59. The fraction of sp³-hybridized carbons (Fsp3) is 0.381. The van der Waals surface area contributed by atoms with E-state index >= 15 is 0 Å². The minimum absolute atomic E-state index is 0. The van der Waals surface area contributed by atoms with Crippen LogP contribution in [0.1, 0.15) is 29.2 Å². The van der Waals surface area contributed by atoms with E-state index in [4.69, 9.17) is 0 Å². The second-order valence-corrected chi connectivity index (χ2v) is 6.51. The predicted octanol–water partition coefficient (Wildman–Crippen LogP) is 4.07. The highest BCUT2D eigenvalue weighted by Gasteiger charge is 2.03. The van der Waals surface area contributed by atoms with Crippen LogP contribution in [0.2, 0.25) is 0 Å². The molecule has 0 unspecified atom stereocenters. The normalized spacial score (nSPS) is 11.3. The van der Waals surface area contributed by atoms with Gasteiger partial charge in [-0.05, 0) is 48.8 Å². The molecule has 0 amide bonds. The molecule has 0 spiro atoms. The van der Waals surface area contributed by atoms with Gasteiger partial charge in [-0.3, -0.25) is 4.99 Å². The molecular weight excluding hydrogens is 454 g/mol. The molecule has 0 heterocycles. The Kier molecular flexibility index (Phi) is 10.3. The zero-order valence-corrected chi connectivity index (χ0v) is 18.9. The number of nitrogens with one attached hydrogen (secondary N) is 2. The van der Waals surface area contributed by atoms with Crippen molar-refractivity contribution in [2.24, 2.45) is 4.99 Å². The largest absolute Gasteiger partial charge is 0.352 e. The standard InChI is InChI=1S/C21H29FN4.HI/c1-5-26(4)15-19-8-6-7-17(12-19)13-24-21(23-3)25-14-18-9-10-20(22)16(2)11-18;/h6-12H,5,13-15H2,1-4H3,(H2,23,24,25);1H. The quantitative estimate of drug-likeness (QED) is 0.354. The molecule has 0 aromatic heterocycles. The minimum Gasteiger partial charge on any atom is -0.352 e. The molecule has 148 valence electrons. The van der Waals surface area contributed by atoms with Crippen LogP contribution in [0.5, 0.6) is 0 Å². The Morgan fingerprint density at radius 1 is 1.04 bits per heavy atom. The van der Waals surface area contributed by atoms with Gasteiger partial charge in [-0.15, -0.1) is 24.0 Å². The van der Waals surface area contributed by atoms with Gasteiger partial charge in [-0.1, -0.05) is 43.3 Å². The topological polar surface area (TPSA) is 39.7 Å². The second kappa shape index (κ2) is 11.9. The molecule has 0 radical (unpaired) electrons. The molecule has 0 aliphatic heterocycles. The van der Waals surface area contributed by atoms with Crippen molar-refractivity contribution < 1.29 is 4.39 Å². The average Bonchev–Trinajstić information content (AvgIpc) is 2.65. The van der Waals surface area contributed by atoms with Crippen molar-refractivity contribution in [3.05, 3.63) is 70.5 Å². The predicted molar refractivity (Wildman–Crippen MR) is 122 cm³/mol. The van der Waals surface area contributed by atoms with Gasteiger partial charge in [0.25, 0.3) is 0 Å². The Morgan fingerprint density at radius 3 is 2.26 bits per heavy atom. The number of hydrogen-bond donors (Lipinski definition) is 2. The second-order valence-electron chi connectivity index (χ2n) is 6.51. The number of nitrogens with zero attached hydrogens (tertiary/aromatic N) is 2. The Balaban J connectivity index is 0.00000364. The highest BCUT2D eigenvalue weighted by atomic mass is 127. The van der Waals surface area contributed by atoms with Gasteiger partial charge < -0.3 is 15.5 Å². The summed E-state index contributed by atoms with van der Waals surface area (Å²) in [6.07, 6.45) is 0. The summed E-state index contributed by atoms with van der Waals surface area (Å²) >= 11 is 0. The van der Waals surface area contributed by atoms with Crippen LogP contribution < -0.4 is 10.6 Å². The van der Waals surface area contributed by atoms with Gasteiger partial charge in [-0.2, -0.15) is 0 Å². The Labute approximate surface area is 179 Å². The molecule has 0 saturated carbocycles. The molecule has 0 aliphatic carbocycles. The lowest BCUT2D eigenvalue weighted by Crippen LogP contribution is -2.36. The third kappa shape index (κ3) is 7.84. The summed E-state index contributed by atoms with van der Waals surface area (Å²) in [5.41, 5.74) is 4.20. The smallest absolute Gasteiger partial charge is 0.191 e. The van der Waals surface area contributed by atoms with Crippen LogP contribution in [0.15, 0.2) is 47.5 Å². The van der Waals surface area contributed by atoms with E-state index in [0.29, 0.717) is 18.7 Å². The lowest BCUT2D eigenvalue weighted by atomic mass is 10.1. The Hall–Kier alpha value is -1.67. The van der Waals surface area contributed by atoms with Gasteiger partial charge in [0.15, 0.2) is 5.96 Å². The van der Waals surface area contributed by atoms with Crippen molar-refractivity contribution in [2.75, 3.05) is 20.6 Å². The zero-order chi connectivity index (χ0) is 18.9. The van der Waals surface area contributed by atoms with Gasteiger partial charge in [0.05, 0.1) is 0 Å². The van der Waals surface area contributed by atoms with Crippen LogP contribution in [0.3, 0.4) is 0 Å². The third-order valence-corrected chi connectivity index (χ3v) is 4.35. The summed E-state index contributed by atoms with van der Waals surface area (Å²) in [6, 6.07) is 13.7. The third-order valence-electron chi connectivity index (χ3n) is 4.35. The van der Waals surface area contributed by atoms with E-state index in [0.717, 1.165) is 24.6 Å². The molecule has 0 atom stereocenters. The van der Waals surface area contributed by atoms with E-state index < -0.39 is 0 Å². The first kappa shape index (κ1) is 23.4. The highest BCUT2D eigenvalue weighted by Crippen LogP contribution is 2.09. The van der Waals surface area contributed by atoms with Crippen LogP contribution in [0, 0.1) is 12.7 Å². The molecule has 27 heavy (non-hydrogen) atoms. The van der Waals surface area contributed by atoms with Crippen LogP contribution in [0.25, 0.3) is 0 Å². The van der Waals surface area contributed by atoms with Crippen molar-refractivity contribution in [1.82, 2.24) is 15.5 Å². The lowest BCUT2D eigenvalue weighted by Gasteiger charge is -2.15. The molecule has 0 saturated heterocycles. The van der Waals surface area contributed by atoms with E-state index in [9.17, 15) is 4.39 Å². The summed E-state index contributed by atoms with van der Waals surface area (Å²) in [7, 11) is 3.87. The maximum atomic E-state index is 13.3. The summed E-state index contributed by atoms with van der Waals surface area (Å²) in [4.78, 5) is 6.53.